The van der Waals surface area contributed by atoms with Gasteiger partial charge in [-0.1, -0.05) is 38.1 Å². The second-order valence-electron chi connectivity index (χ2n) is 8.80. The lowest BCUT2D eigenvalue weighted by Crippen LogP contribution is -2.20. The van der Waals surface area contributed by atoms with E-state index >= 15 is 0 Å². The van der Waals surface area contributed by atoms with E-state index in [0.717, 1.165) is 5.56 Å². The zero-order valence-corrected chi connectivity index (χ0v) is 21.4. The van der Waals surface area contributed by atoms with E-state index < -0.39 is 5.97 Å². The lowest BCUT2D eigenvalue weighted by Gasteiger charge is -2.13. The van der Waals surface area contributed by atoms with Crippen LogP contribution in [-0.2, 0) is 9.53 Å². The molecular formula is C30H30N2O5. The molecule has 0 fully saturated rings. The largest absolute Gasteiger partial charge is 0.497 e. The van der Waals surface area contributed by atoms with Crippen molar-refractivity contribution < 1.29 is 23.8 Å². The fraction of sp³-hybridized carbons (Fsp3) is 0.233. The molecule has 4 aromatic rings. The lowest BCUT2D eigenvalue weighted by atomic mass is 10.0. The minimum Gasteiger partial charge on any atom is -0.497 e. The molecule has 1 N–H and O–H groups in total. The Hall–Kier alpha value is -4.39. The van der Waals surface area contributed by atoms with Crippen molar-refractivity contribution in [2.75, 3.05) is 25.6 Å². The van der Waals surface area contributed by atoms with Crippen molar-refractivity contribution in [3.63, 3.8) is 0 Å². The molecule has 0 saturated heterocycles. The van der Waals surface area contributed by atoms with Crippen molar-refractivity contribution in [2.45, 2.75) is 26.7 Å². The molecular weight excluding hydrogens is 468 g/mol. The number of esters is 1. The third kappa shape index (κ3) is 6.25. The third-order valence-electron chi connectivity index (χ3n) is 5.87. The summed E-state index contributed by atoms with van der Waals surface area (Å²) in [6.07, 6.45) is 0. The van der Waals surface area contributed by atoms with E-state index in [2.05, 4.69) is 19.2 Å². The summed E-state index contributed by atoms with van der Waals surface area (Å²) in [6.45, 7) is 6.05. The number of nitrogens with one attached hydrogen (secondary N) is 1. The molecule has 4 rings (SSSR count). The molecule has 1 aromatic heterocycles. The molecule has 0 saturated carbocycles. The van der Waals surface area contributed by atoms with Gasteiger partial charge in [0.05, 0.1) is 30.5 Å². The topological polar surface area (TPSA) is 86.8 Å². The minimum atomic E-state index is -0.435. The van der Waals surface area contributed by atoms with Crippen LogP contribution in [0.15, 0.2) is 72.8 Å². The van der Waals surface area contributed by atoms with Gasteiger partial charge in [0.15, 0.2) is 6.61 Å². The summed E-state index contributed by atoms with van der Waals surface area (Å²) in [5, 5.41) is 3.47. The summed E-state index contributed by atoms with van der Waals surface area (Å²) in [5.74, 6) is 0.801. The first-order valence-corrected chi connectivity index (χ1v) is 12.2. The number of pyridine rings is 1. The number of anilines is 1. The maximum absolute atomic E-state index is 12.7. The number of hydrogen-bond donors (Lipinski definition) is 1. The summed E-state index contributed by atoms with van der Waals surface area (Å²) in [5.41, 5.74) is 4.36. The van der Waals surface area contributed by atoms with Gasteiger partial charge in [-0.25, -0.2) is 9.78 Å². The minimum absolute atomic E-state index is 0.216. The van der Waals surface area contributed by atoms with E-state index in [1.807, 2.05) is 48.5 Å². The van der Waals surface area contributed by atoms with Gasteiger partial charge in [0.2, 0.25) is 0 Å². The van der Waals surface area contributed by atoms with Crippen molar-refractivity contribution in [1.82, 2.24) is 4.98 Å². The molecule has 7 heteroatoms. The van der Waals surface area contributed by atoms with Crippen LogP contribution in [0.25, 0.3) is 22.2 Å². The van der Waals surface area contributed by atoms with Gasteiger partial charge < -0.3 is 19.5 Å². The molecule has 0 aliphatic carbocycles. The Bertz CT molecular complexity index is 1410. The first-order chi connectivity index (χ1) is 17.9. The molecule has 0 radical (unpaired) electrons. The number of benzene rings is 3. The number of rotatable bonds is 9. The van der Waals surface area contributed by atoms with Crippen molar-refractivity contribution in [3.8, 4) is 22.8 Å². The molecule has 0 unspecified atom stereocenters. The highest BCUT2D eigenvalue weighted by atomic mass is 16.5. The van der Waals surface area contributed by atoms with E-state index in [4.69, 9.17) is 19.2 Å². The molecule has 7 nitrogen and oxygen atoms in total. The number of ether oxygens (including phenoxy) is 3. The number of fused-ring (bicyclic) bond motifs is 1. The highest BCUT2D eigenvalue weighted by Crippen LogP contribution is 2.32. The van der Waals surface area contributed by atoms with Gasteiger partial charge in [-0.3, -0.25) is 4.79 Å². The van der Waals surface area contributed by atoms with Crippen molar-refractivity contribution in [1.29, 1.82) is 0 Å². The Morgan fingerprint density at radius 1 is 0.973 bits per heavy atom. The van der Waals surface area contributed by atoms with E-state index in [1.54, 1.807) is 38.3 Å². The molecule has 1 heterocycles. The number of nitrogens with zero attached hydrogens (tertiary/aromatic N) is 1. The maximum Gasteiger partial charge on any atom is 0.338 e. The first kappa shape index (κ1) is 25.7. The monoisotopic (exact) mass is 498 g/mol. The first-order valence-electron chi connectivity index (χ1n) is 12.2. The van der Waals surface area contributed by atoms with Gasteiger partial charge >= 0.3 is 5.97 Å². The van der Waals surface area contributed by atoms with E-state index in [-0.39, 0.29) is 19.1 Å². The van der Waals surface area contributed by atoms with E-state index in [1.165, 1.54) is 5.56 Å². The van der Waals surface area contributed by atoms with Gasteiger partial charge in [0.25, 0.3) is 5.91 Å². The number of methoxy groups -OCH3 is 1. The number of amides is 1. The number of carbonyl (C=O) groups excluding carboxylic acids is 2. The van der Waals surface area contributed by atoms with E-state index in [0.29, 0.717) is 45.3 Å². The Labute approximate surface area is 216 Å². The van der Waals surface area contributed by atoms with Gasteiger partial charge in [-0.05, 0) is 60.9 Å². The normalized spacial score (nSPS) is 10.8. The number of carbonyl (C=O) groups is 2. The molecule has 190 valence electrons. The Balaban J connectivity index is 1.63. The third-order valence-corrected chi connectivity index (χ3v) is 5.87. The van der Waals surface area contributed by atoms with Gasteiger partial charge in [0, 0.05) is 22.7 Å². The van der Waals surface area contributed by atoms with Crippen LogP contribution >= 0.6 is 0 Å². The van der Waals surface area contributed by atoms with Crippen LogP contribution in [0.4, 0.5) is 5.69 Å². The SMILES string of the molecule is CCOC(=O)c1ccc2nc(-c3cccc(OC)c3)cc(OCC(=O)Nc3ccc(C(C)C)cc3)c2c1. The lowest BCUT2D eigenvalue weighted by molar-refractivity contribution is -0.118. The summed E-state index contributed by atoms with van der Waals surface area (Å²) < 4.78 is 16.5. The smallest absolute Gasteiger partial charge is 0.338 e. The van der Waals surface area contributed by atoms with Crippen LogP contribution in [0.5, 0.6) is 11.5 Å². The van der Waals surface area contributed by atoms with Gasteiger partial charge in [-0.15, -0.1) is 0 Å². The van der Waals surface area contributed by atoms with Crippen LogP contribution < -0.4 is 14.8 Å². The molecule has 0 bridgehead atoms. The fourth-order valence-electron chi connectivity index (χ4n) is 3.88. The molecule has 0 atom stereocenters. The van der Waals surface area contributed by atoms with Crippen LogP contribution in [0.1, 0.15) is 42.6 Å². The maximum atomic E-state index is 12.7. The standard InChI is InChI=1S/C30H30N2O5/c1-5-36-30(34)22-11-14-26-25(16-22)28(17-27(32-26)21-7-6-8-24(15-21)35-4)37-18-29(33)31-23-12-9-20(10-13-23)19(2)3/h6-17,19H,5,18H2,1-4H3,(H,31,33). The quantitative estimate of drug-likeness (QED) is 0.275. The highest BCUT2D eigenvalue weighted by Gasteiger charge is 2.15. The second kappa shape index (κ2) is 11.6. The number of aromatic nitrogens is 1. The average Bonchev–Trinajstić information content (AvgIpc) is 2.91. The summed E-state index contributed by atoms with van der Waals surface area (Å²) in [4.78, 5) is 29.8. The predicted molar refractivity (Wildman–Crippen MR) is 144 cm³/mol. The van der Waals surface area contributed by atoms with Crippen LogP contribution in [0.3, 0.4) is 0 Å². The van der Waals surface area contributed by atoms with E-state index in [9.17, 15) is 9.59 Å². The summed E-state index contributed by atoms with van der Waals surface area (Å²) >= 11 is 0. The molecule has 3 aromatic carbocycles. The Morgan fingerprint density at radius 3 is 2.46 bits per heavy atom. The predicted octanol–water partition coefficient (Wildman–Crippen LogP) is 6.23. The molecule has 0 aliphatic rings. The van der Waals surface area contributed by atoms with Gasteiger partial charge in [0.1, 0.15) is 11.5 Å². The summed E-state index contributed by atoms with van der Waals surface area (Å²) in [6, 6.07) is 22.1. The molecule has 1 amide bonds. The molecule has 0 aliphatic heterocycles. The van der Waals surface area contributed by atoms with Crippen molar-refractivity contribution in [3.05, 3.63) is 83.9 Å². The zero-order chi connectivity index (χ0) is 26.4. The Kier molecular flexibility index (Phi) is 8.03. The highest BCUT2D eigenvalue weighted by molar-refractivity contribution is 5.97. The van der Waals surface area contributed by atoms with Crippen molar-refractivity contribution in [2.24, 2.45) is 0 Å². The summed E-state index contributed by atoms with van der Waals surface area (Å²) in [7, 11) is 1.60. The number of hydrogen-bond acceptors (Lipinski definition) is 6. The molecule has 0 spiro atoms. The zero-order valence-electron chi connectivity index (χ0n) is 21.4. The van der Waals surface area contributed by atoms with Crippen LogP contribution in [0.2, 0.25) is 0 Å². The van der Waals surface area contributed by atoms with Crippen molar-refractivity contribution >= 4 is 28.5 Å². The average molecular weight is 499 g/mol. The van der Waals surface area contributed by atoms with Gasteiger partial charge in [-0.2, -0.15) is 0 Å². The molecule has 37 heavy (non-hydrogen) atoms. The van der Waals surface area contributed by atoms with Crippen LogP contribution in [-0.4, -0.2) is 37.2 Å². The second-order valence-corrected chi connectivity index (χ2v) is 8.80. The van der Waals surface area contributed by atoms with Crippen LogP contribution in [0, 0.1) is 0 Å². The Morgan fingerprint density at radius 2 is 1.76 bits per heavy atom. The fourth-order valence-corrected chi connectivity index (χ4v) is 3.88.